The number of carbonyl (C=O) groups is 5. The summed E-state index contributed by atoms with van der Waals surface area (Å²) in [5.41, 5.74) is 11.7. The average Bonchev–Trinajstić information content (AvgIpc) is 2.69. The molecule has 0 aromatic heterocycles. The molecule has 1 aromatic rings. The number of carboxylic acid groups (broad SMARTS) is 1. The van der Waals surface area contributed by atoms with E-state index in [0.29, 0.717) is 0 Å². The number of amides is 4. The zero-order valence-corrected chi connectivity index (χ0v) is 16.0. The molecule has 0 bridgehead atoms. The van der Waals surface area contributed by atoms with Gasteiger partial charge in [-0.15, -0.1) is 0 Å². The number of primary amides is 1. The number of carboxylic acids is 1. The molecule has 3 atom stereocenters. The first kappa shape index (κ1) is 24.5. The fraction of sp³-hybridized carbons (Fsp3) is 0.389. The van der Waals surface area contributed by atoms with E-state index in [1.54, 1.807) is 30.3 Å². The summed E-state index contributed by atoms with van der Waals surface area (Å²) in [5, 5.41) is 24.5. The molecule has 0 radical (unpaired) electrons. The van der Waals surface area contributed by atoms with Crippen molar-refractivity contribution in [1.82, 2.24) is 16.0 Å². The highest BCUT2D eigenvalue weighted by Crippen LogP contribution is 2.02. The molecule has 0 spiro atoms. The van der Waals surface area contributed by atoms with Crippen LogP contribution in [0.3, 0.4) is 0 Å². The summed E-state index contributed by atoms with van der Waals surface area (Å²) in [6.45, 7) is -1.55. The second kappa shape index (κ2) is 12.1. The molecule has 12 nitrogen and oxygen atoms in total. The third-order valence-corrected chi connectivity index (χ3v) is 3.90. The number of nitrogens with two attached hydrogens (primary N) is 2. The van der Waals surface area contributed by atoms with E-state index in [9.17, 15) is 29.1 Å². The van der Waals surface area contributed by atoms with Gasteiger partial charge in [-0.05, 0) is 12.0 Å². The summed E-state index contributed by atoms with van der Waals surface area (Å²) in [6.07, 6.45) is -0.425. The molecule has 0 aliphatic rings. The molecule has 9 N–H and O–H groups in total. The molecule has 0 fully saturated rings. The van der Waals surface area contributed by atoms with Crippen LogP contribution >= 0.6 is 0 Å². The normalized spacial score (nSPS) is 13.4. The molecule has 0 aliphatic carbocycles. The van der Waals surface area contributed by atoms with E-state index < -0.39 is 67.3 Å². The van der Waals surface area contributed by atoms with Crippen molar-refractivity contribution in [1.29, 1.82) is 0 Å². The van der Waals surface area contributed by atoms with Gasteiger partial charge in [0.05, 0.1) is 19.1 Å². The van der Waals surface area contributed by atoms with Gasteiger partial charge >= 0.3 is 5.97 Å². The Morgan fingerprint density at radius 3 is 2.07 bits per heavy atom. The van der Waals surface area contributed by atoms with Crippen LogP contribution in [0.15, 0.2) is 30.3 Å². The summed E-state index contributed by atoms with van der Waals surface area (Å²) in [6, 6.07) is 4.95. The minimum absolute atomic E-state index is 0.189. The monoisotopic (exact) mass is 423 g/mol. The van der Waals surface area contributed by atoms with Crippen LogP contribution in [-0.4, -0.2) is 71.1 Å². The van der Waals surface area contributed by atoms with Crippen molar-refractivity contribution >= 4 is 29.6 Å². The van der Waals surface area contributed by atoms with Gasteiger partial charge in [0.15, 0.2) is 0 Å². The van der Waals surface area contributed by atoms with Crippen LogP contribution in [0.1, 0.15) is 12.0 Å². The highest BCUT2D eigenvalue weighted by molar-refractivity contribution is 5.95. The molecule has 1 rings (SSSR count). The van der Waals surface area contributed by atoms with Crippen LogP contribution in [0.4, 0.5) is 0 Å². The number of rotatable bonds is 12. The minimum Gasteiger partial charge on any atom is -0.480 e. The van der Waals surface area contributed by atoms with Crippen molar-refractivity contribution < 1.29 is 34.2 Å². The lowest BCUT2D eigenvalue weighted by Crippen LogP contribution is -2.57. The largest absolute Gasteiger partial charge is 0.480 e. The Balaban J connectivity index is 2.73. The smallest absolute Gasteiger partial charge is 0.322 e. The maximum atomic E-state index is 12.4. The van der Waals surface area contributed by atoms with Crippen LogP contribution in [0.25, 0.3) is 0 Å². The zero-order valence-electron chi connectivity index (χ0n) is 16.0. The van der Waals surface area contributed by atoms with Gasteiger partial charge in [-0.3, -0.25) is 24.0 Å². The molecule has 0 aliphatic heterocycles. The lowest BCUT2D eigenvalue weighted by molar-refractivity contribution is -0.139. The van der Waals surface area contributed by atoms with Crippen molar-refractivity contribution in [2.75, 3.05) is 13.2 Å². The van der Waals surface area contributed by atoms with Gasteiger partial charge in [-0.2, -0.15) is 0 Å². The first-order valence-electron chi connectivity index (χ1n) is 8.93. The predicted octanol–water partition coefficient (Wildman–Crippen LogP) is -3.41. The number of carbonyl (C=O) groups excluding carboxylic acids is 4. The molecule has 0 heterocycles. The molecule has 4 amide bonds. The lowest BCUT2D eigenvalue weighted by atomic mass is 10.1. The number of hydrogen-bond donors (Lipinski definition) is 7. The van der Waals surface area contributed by atoms with Gasteiger partial charge in [-0.25, -0.2) is 0 Å². The molecule has 0 saturated carbocycles. The number of nitrogens with one attached hydrogen (secondary N) is 3. The van der Waals surface area contributed by atoms with Crippen molar-refractivity contribution in [3.8, 4) is 0 Å². The first-order chi connectivity index (χ1) is 14.1. The SMILES string of the molecule is NC(=O)CC(NC(=O)C(CO)NC(=O)C(N)Cc1ccccc1)C(=O)NCC(=O)O. The van der Waals surface area contributed by atoms with Crippen molar-refractivity contribution in [2.24, 2.45) is 11.5 Å². The molecule has 3 unspecified atom stereocenters. The topological polar surface area (TPSA) is 214 Å². The van der Waals surface area contributed by atoms with Gasteiger partial charge in [-0.1, -0.05) is 30.3 Å². The van der Waals surface area contributed by atoms with Gasteiger partial charge in [0.1, 0.15) is 18.6 Å². The molecule has 0 saturated heterocycles. The predicted molar refractivity (Wildman–Crippen MR) is 104 cm³/mol. The molecule has 1 aromatic carbocycles. The molecular weight excluding hydrogens is 398 g/mol. The van der Waals surface area contributed by atoms with E-state index in [0.717, 1.165) is 5.56 Å². The second-order valence-corrected chi connectivity index (χ2v) is 6.38. The Morgan fingerprint density at radius 2 is 1.53 bits per heavy atom. The van der Waals surface area contributed by atoms with Gasteiger partial charge < -0.3 is 37.6 Å². The third kappa shape index (κ3) is 8.67. The summed E-state index contributed by atoms with van der Waals surface area (Å²) >= 11 is 0. The summed E-state index contributed by atoms with van der Waals surface area (Å²) < 4.78 is 0. The van der Waals surface area contributed by atoms with E-state index in [1.165, 1.54) is 0 Å². The van der Waals surface area contributed by atoms with E-state index in [1.807, 2.05) is 5.32 Å². The molecule has 164 valence electrons. The molecule has 30 heavy (non-hydrogen) atoms. The van der Waals surface area contributed by atoms with E-state index >= 15 is 0 Å². The highest BCUT2D eigenvalue weighted by Gasteiger charge is 2.28. The minimum atomic E-state index is -1.49. The number of benzene rings is 1. The third-order valence-electron chi connectivity index (χ3n) is 3.90. The standard InChI is InChI=1S/C18H25N5O7/c19-11(6-10-4-2-1-3-5-10)16(28)23-13(9-24)18(30)22-12(7-14(20)25)17(29)21-8-15(26)27/h1-5,11-13,24H,6-9,19H2,(H2,20,25)(H,21,29)(H,22,30)(H,23,28)(H,26,27). The fourth-order valence-electron chi connectivity index (χ4n) is 2.40. The fourth-order valence-corrected chi connectivity index (χ4v) is 2.40. The van der Waals surface area contributed by atoms with E-state index in [-0.39, 0.29) is 6.42 Å². The van der Waals surface area contributed by atoms with Crippen molar-refractivity contribution in [2.45, 2.75) is 31.0 Å². The van der Waals surface area contributed by atoms with Crippen molar-refractivity contribution in [3.05, 3.63) is 35.9 Å². The van der Waals surface area contributed by atoms with Crippen LogP contribution < -0.4 is 27.4 Å². The Kier molecular flexibility index (Phi) is 9.92. The number of aliphatic carboxylic acids is 1. The summed E-state index contributed by atoms with van der Waals surface area (Å²) in [7, 11) is 0. The van der Waals surface area contributed by atoms with Crippen LogP contribution in [0, 0.1) is 0 Å². The van der Waals surface area contributed by atoms with Crippen LogP contribution in [-0.2, 0) is 30.4 Å². The first-order valence-corrected chi connectivity index (χ1v) is 8.93. The van der Waals surface area contributed by atoms with Crippen LogP contribution in [0.2, 0.25) is 0 Å². The van der Waals surface area contributed by atoms with Gasteiger partial charge in [0.25, 0.3) is 0 Å². The maximum Gasteiger partial charge on any atom is 0.322 e. The Labute approximate surface area is 172 Å². The van der Waals surface area contributed by atoms with Crippen molar-refractivity contribution in [3.63, 3.8) is 0 Å². The van der Waals surface area contributed by atoms with Gasteiger partial charge in [0.2, 0.25) is 23.6 Å². The Bertz CT molecular complexity index is 771. The quantitative estimate of drug-likeness (QED) is 0.179. The number of aliphatic hydroxyl groups is 1. The molecular formula is C18H25N5O7. The summed E-state index contributed by atoms with van der Waals surface area (Å²) in [4.78, 5) is 58.3. The highest BCUT2D eigenvalue weighted by atomic mass is 16.4. The maximum absolute atomic E-state index is 12.4. The van der Waals surface area contributed by atoms with E-state index in [4.69, 9.17) is 16.6 Å². The van der Waals surface area contributed by atoms with Gasteiger partial charge in [0, 0.05) is 0 Å². The average molecular weight is 423 g/mol. The summed E-state index contributed by atoms with van der Waals surface area (Å²) in [5.74, 6) is -4.92. The molecule has 12 heteroatoms. The lowest BCUT2D eigenvalue weighted by Gasteiger charge is -2.22. The Hall–Kier alpha value is -3.51. The number of hydrogen-bond acceptors (Lipinski definition) is 7. The second-order valence-electron chi connectivity index (χ2n) is 6.38. The zero-order chi connectivity index (χ0) is 22.7. The Morgan fingerprint density at radius 1 is 0.933 bits per heavy atom. The van der Waals surface area contributed by atoms with E-state index in [2.05, 4.69) is 10.6 Å². The number of aliphatic hydroxyl groups excluding tert-OH is 1. The van der Waals surface area contributed by atoms with Crippen LogP contribution in [0.5, 0.6) is 0 Å².